The zero-order chi connectivity index (χ0) is 11.9. The number of likely N-dealkylation sites (tertiary alicyclic amines) is 2. The fraction of sp³-hybridized carbons (Fsp3) is 0.917. The average molecular weight is 226 g/mol. The molecular formula is C12H22N2O2. The Morgan fingerprint density at radius 2 is 2.00 bits per heavy atom. The van der Waals surface area contributed by atoms with Gasteiger partial charge < -0.3 is 10.0 Å². The van der Waals surface area contributed by atoms with Gasteiger partial charge in [0.25, 0.3) is 0 Å². The molecule has 4 nitrogen and oxygen atoms in total. The molecule has 0 spiro atoms. The lowest BCUT2D eigenvalue weighted by Crippen LogP contribution is -2.55. The summed E-state index contributed by atoms with van der Waals surface area (Å²) in [5.41, 5.74) is 0. The van der Waals surface area contributed by atoms with Gasteiger partial charge in [-0.1, -0.05) is 6.92 Å². The molecule has 0 bridgehead atoms. The van der Waals surface area contributed by atoms with Crippen LogP contribution < -0.4 is 0 Å². The van der Waals surface area contributed by atoms with Crippen LogP contribution in [0.1, 0.15) is 20.3 Å². The van der Waals surface area contributed by atoms with Crippen LogP contribution in [-0.2, 0) is 4.79 Å². The van der Waals surface area contributed by atoms with Gasteiger partial charge >= 0.3 is 5.97 Å². The lowest BCUT2D eigenvalue weighted by Gasteiger charge is -2.44. The molecule has 0 aromatic rings. The van der Waals surface area contributed by atoms with E-state index in [1.165, 1.54) is 6.42 Å². The lowest BCUT2D eigenvalue weighted by atomic mass is 9.85. The molecular weight excluding hydrogens is 204 g/mol. The van der Waals surface area contributed by atoms with Crippen LogP contribution in [0.3, 0.4) is 0 Å². The molecule has 2 aliphatic rings. The van der Waals surface area contributed by atoms with E-state index >= 15 is 0 Å². The summed E-state index contributed by atoms with van der Waals surface area (Å²) in [7, 11) is 2.17. The Morgan fingerprint density at radius 1 is 1.38 bits per heavy atom. The van der Waals surface area contributed by atoms with Crippen molar-refractivity contribution >= 4 is 5.97 Å². The molecule has 16 heavy (non-hydrogen) atoms. The zero-order valence-corrected chi connectivity index (χ0v) is 10.4. The Hall–Kier alpha value is -0.610. The molecule has 2 saturated heterocycles. The summed E-state index contributed by atoms with van der Waals surface area (Å²) in [6.07, 6.45) is 1.23. The first-order valence-corrected chi connectivity index (χ1v) is 6.16. The SMILES string of the molecule is CC(C(=O)O)C1CN(C2CC(C)N(C)C2)C1. The Kier molecular flexibility index (Phi) is 3.22. The van der Waals surface area contributed by atoms with E-state index in [0.717, 1.165) is 19.6 Å². The Labute approximate surface area is 97.2 Å². The Bertz CT molecular complexity index is 266. The summed E-state index contributed by atoms with van der Waals surface area (Å²) in [6.45, 7) is 7.16. The summed E-state index contributed by atoms with van der Waals surface area (Å²) >= 11 is 0. The first-order chi connectivity index (χ1) is 7.49. The van der Waals surface area contributed by atoms with Gasteiger partial charge in [0.05, 0.1) is 5.92 Å². The molecule has 3 unspecified atom stereocenters. The van der Waals surface area contributed by atoms with E-state index < -0.39 is 5.97 Å². The molecule has 0 saturated carbocycles. The van der Waals surface area contributed by atoms with E-state index in [-0.39, 0.29) is 5.92 Å². The second kappa shape index (κ2) is 4.34. The molecule has 4 heteroatoms. The van der Waals surface area contributed by atoms with E-state index in [2.05, 4.69) is 23.8 Å². The van der Waals surface area contributed by atoms with Crippen molar-refractivity contribution in [2.45, 2.75) is 32.4 Å². The van der Waals surface area contributed by atoms with E-state index in [9.17, 15) is 4.79 Å². The highest BCUT2D eigenvalue weighted by Crippen LogP contribution is 2.30. The van der Waals surface area contributed by atoms with Crippen molar-refractivity contribution in [3.05, 3.63) is 0 Å². The number of hydrogen-bond acceptors (Lipinski definition) is 3. The van der Waals surface area contributed by atoms with Gasteiger partial charge in [-0.05, 0) is 26.3 Å². The van der Waals surface area contributed by atoms with E-state index in [1.807, 2.05) is 6.92 Å². The first-order valence-electron chi connectivity index (χ1n) is 6.16. The predicted octanol–water partition coefficient (Wildman–Crippen LogP) is 0.732. The van der Waals surface area contributed by atoms with Gasteiger partial charge in [-0.2, -0.15) is 0 Å². The number of likely N-dealkylation sites (N-methyl/N-ethyl adjacent to an activating group) is 1. The van der Waals surface area contributed by atoms with Crippen molar-refractivity contribution in [2.24, 2.45) is 11.8 Å². The highest BCUT2D eigenvalue weighted by Gasteiger charge is 2.40. The van der Waals surface area contributed by atoms with Crippen LogP contribution in [0.25, 0.3) is 0 Å². The van der Waals surface area contributed by atoms with Crippen molar-refractivity contribution in [1.29, 1.82) is 0 Å². The standard InChI is InChI=1S/C12H22N2O2/c1-8-4-11(7-13(8)3)14-5-10(6-14)9(2)12(15)16/h8-11H,4-7H2,1-3H3,(H,15,16). The van der Waals surface area contributed by atoms with Gasteiger partial charge in [-0.15, -0.1) is 0 Å². The van der Waals surface area contributed by atoms with Crippen LogP contribution in [0.15, 0.2) is 0 Å². The molecule has 0 aliphatic carbocycles. The number of hydrogen-bond donors (Lipinski definition) is 1. The van der Waals surface area contributed by atoms with Crippen molar-refractivity contribution in [1.82, 2.24) is 9.80 Å². The Balaban J connectivity index is 1.79. The second-order valence-corrected chi connectivity index (χ2v) is 5.52. The average Bonchev–Trinajstić information content (AvgIpc) is 2.43. The molecule has 2 fully saturated rings. The third-order valence-electron chi connectivity index (χ3n) is 4.42. The summed E-state index contributed by atoms with van der Waals surface area (Å²) < 4.78 is 0. The van der Waals surface area contributed by atoms with Crippen LogP contribution in [0.4, 0.5) is 0 Å². The van der Waals surface area contributed by atoms with E-state index in [1.54, 1.807) is 0 Å². The summed E-state index contributed by atoms with van der Waals surface area (Å²) in [6, 6.07) is 1.32. The molecule has 3 atom stereocenters. The number of aliphatic carboxylic acids is 1. The van der Waals surface area contributed by atoms with Crippen LogP contribution in [-0.4, -0.2) is 59.6 Å². The van der Waals surface area contributed by atoms with Crippen LogP contribution in [0.2, 0.25) is 0 Å². The van der Waals surface area contributed by atoms with Gasteiger partial charge in [0.2, 0.25) is 0 Å². The number of carboxylic acids is 1. The minimum atomic E-state index is -0.651. The molecule has 2 heterocycles. The maximum atomic E-state index is 10.8. The largest absolute Gasteiger partial charge is 0.481 e. The third-order valence-corrected chi connectivity index (χ3v) is 4.42. The normalized spacial score (nSPS) is 34.9. The maximum absolute atomic E-state index is 10.8. The quantitative estimate of drug-likeness (QED) is 0.770. The van der Waals surface area contributed by atoms with Gasteiger partial charge in [-0.3, -0.25) is 9.69 Å². The van der Waals surface area contributed by atoms with Crippen molar-refractivity contribution < 1.29 is 9.90 Å². The first kappa shape index (κ1) is 11.9. The fourth-order valence-electron chi connectivity index (χ4n) is 2.79. The van der Waals surface area contributed by atoms with Gasteiger partial charge in [0.15, 0.2) is 0 Å². The zero-order valence-electron chi connectivity index (χ0n) is 10.4. The van der Waals surface area contributed by atoms with Crippen LogP contribution in [0, 0.1) is 11.8 Å². The van der Waals surface area contributed by atoms with Crippen LogP contribution >= 0.6 is 0 Å². The lowest BCUT2D eigenvalue weighted by molar-refractivity contribution is -0.145. The molecule has 2 aliphatic heterocycles. The van der Waals surface area contributed by atoms with Crippen molar-refractivity contribution in [2.75, 3.05) is 26.7 Å². The molecule has 0 aromatic heterocycles. The highest BCUT2D eigenvalue weighted by atomic mass is 16.4. The molecule has 1 N–H and O–H groups in total. The minimum Gasteiger partial charge on any atom is -0.481 e. The number of carbonyl (C=O) groups is 1. The summed E-state index contributed by atoms with van der Waals surface area (Å²) in [5.74, 6) is -0.479. The van der Waals surface area contributed by atoms with Crippen LogP contribution in [0.5, 0.6) is 0 Å². The van der Waals surface area contributed by atoms with Crippen molar-refractivity contribution in [3.63, 3.8) is 0 Å². The molecule has 92 valence electrons. The molecule has 2 rings (SSSR count). The smallest absolute Gasteiger partial charge is 0.306 e. The minimum absolute atomic E-state index is 0.187. The third kappa shape index (κ3) is 2.09. The fourth-order valence-corrected chi connectivity index (χ4v) is 2.79. The predicted molar refractivity (Wildman–Crippen MR) is 62.4 cm³/mol. The molecule has 0 aromatic carbocycles. The number of rotatable bonds is 3. The maximum Gasteiger partial charge on any atom is 0.306 e. The monoisotopic (exact) mass is 226 g/mol. The summed E-state index contributed by atoms with van der Waals surface area (Å²) in [4.78, 5) is 15.7. The van der Waals surface area contributed by atoms with E-state index in [0.29, 0.717) is 18.0 Å². The van der Waals surface area contributed by atoms with Gasteiger partial charge in [0, 0.05) is 31.7 Å². The highest BCUT2D eigenvalue weighted by molar-refractivity contribution is 5.70. The molecule has 0 amide bonds. The van der Waals surface area contributed by atoms with Gasteiger partial charge in [0.1, 0.15) is 0 Å². The van der Waals surface area contributed by atoms with Crippen molar-refractivity contribution in [3.8, 4) is 0 Å². The number of nitrogens with zero attached hydrogens (tertiary/aromatic N) is 2. The Morgan fingerprint density at radius 3 is 2.44 bits per heavy atom. The molecule has 0 radical (unpaired) electrons. The van der Waals surface area contributed by atoms with E-state index in [4.69, 9.17) is 5.11 Å². The summed E-state index contributed by atoms with van der Waals surface area (Å²) in [5, 5.41) is 8.93. The van der Waals surface area contributed by atoms with Gasteiger partial charge in [-0.25, -0.2) is 0 Å². The number of carboxylic acid groups (broad SMARTS) is 1. The second-order valence-electron chi connectivity index (χ2n) is 5.52. The topological polar surface area (TPSA) is 43.8 Å².